The number of imidazole rings is 1. The summed E-state index contributed by atoms with van der Waals surface area (Å²) in [6.07, 6.45) is 4.18. The van der Waals surface area contributed by atoms with Crippen molar-refractivity contribution in [2.75, 3.05) is 40.0 Å². The molecule has 1 atom stereocenters. The highest BCUT2D eigenvalue weighted by atomic mass is 35.5. The van der Waals surface area contributed by atoms with Crippen LogP contribution in [0.25, 0.3) is 16.0 Å². The molecule has 2 aliphatic rings. The third-order valence-corrected chi connectivity index (χ3v) is 6.54. The van der Waals surface area contributed by atoms with E-state index in [1.807, 2.05) is 10.6 Å². The van der Waals surface area contributed by atoms with Crippen molar-refractivity contribution in [1.29, 1.82) is 0 Å². The van der Waals surface area contributed by atoms with E-state index in [1.54, 1.807) is 11.9 Å². The Bertz CT molecular complexity index is 1050. The van der Waals surface area contributed by atoms with Crippen LogP contribution in [0.5, 0.6) is 0 Å². The molecule has 8 nitrogen and oxygen atoms in total. The molecule has 11 heteroatoms. The van der Waals surface area contributed by atoms with Crippen LogP contribution < -0.4 is 5.32 Å². The molecule has 5 rings (SSSR count). The molecular formula is C21H28Cl2N4O4S. The Kier molecular flexibility index (Phi) is 8.74. The molecule has 2 saturated heterocycles. The number of aromatic nitrogens is 2. The Hall–Kier alpha value is -1.46. The number of halogens is 2. The van der Waals surface area contributed by atoms with Crippen molar-refractivity contribution in [2.45, 2.75) is 31.8 Å². The summed E-state index contributed by atoms with van der Waals surface area (Å²) in [7, 11) is 1.77. The molecule has 2 aromatic heterocycles. The molecule has 1 amide bonds. The summed E-state index contributed by atoms with van der Waals surface area (Å²) in [6.45, 7) is 4.13. The summed E-state index contributed by atoms with van der Waals surface area (Å²) in [5.74, 6) is -0.0484. The molecule has 0 aliphatic carbocycles. The van der Waals surface area contributed by atoms with Crippen LogP contribution in [0.1, 0.15) is 28.1 Å². The van der Waals surface area contributed by atoms with Crippen LogP contribution in [-0.4, -0.2) is 72.5 Å². The maximum atomic E-state index is 12.8. The van der Waals surface area contributed by atoms with Crippen molar-refractivity contribution in [2.24, 2.45) is 0 Å². The van der Waals surface area contributed by atoms with E-state index < -0.39 is 0 Å². The number of carbonyl (C=O) groups excluding carboxylic acids is 1. The number of fused-ring (bicyclic) bond motifs is 3. The second-order valence-corrected chi connectivity index (χ2v) is 8.81. The zero-order valence-corrected chi connectivity index (χ0v) is 20.3. The highest BCUT2D eigenvalue weighted by molar-refractivity contribution is 7.18. The highest BCUT2D eigenvalue weighted by Crippen LogP contribution is 2.25. The van der Waals surface area contributed by atoms with Gasteiger partial charge in [0.2, 0.25) is 0 Å². The zero-order valence-electron chi connectivity index (χ0n) is 17.8. The lowest BCUT2D eigenvalue weighted by molar-refractivity contribution is -0.0542. The van der Waals surface area contributed by atoms with Crippen LogP contribution in [0, 0.1) is 0 Å². The number of thiazole rings is 1. The predicted octanol–water partition coefficient (Wildman–Crippen LogP) is 3.11. The number of nitrogens with one attached hydrogen (secondary N) is 1. The van der Waals surface area contributed by atoms with E-state index in [4.69, 9.17) is 19.2 Å². The lowest BCUT2D eigenvalue weighted by atomic mass is 10.2. The quantitative estimate of drug-likeness (QED) is 0.534. The molecule has 4 heterocycles. The first-order valence-electron chi connectivity index (χ1n) is 10.4. The first-order valence-corrected chi connectivity index (χ1v) is 11.2. The van der Waals surface area contributed by atoms with Gasteiger partial charge in [-0.1, -0.05) is 17.4 Å². The average molecular weight is 503 g/mol. The van der Waals surface area contributed by atoms with Gasteiger partial charge in [-0.25, -0.2) is 4.98 Å². The lowest BCUT2D eigenvalue weighted by Crippen LogP contribution is -2.34. The zero-order chi connectivity index (χ0) is 20.5. The van der Waals surface area contributed by atoms with E-state index in [1.165, 1.54) is 16.9 Å². The minimum absolute atomic E-state index is 0. The topological polar surface area (TPSA) is 77.3 Å². The number of hydrogen-bond acceptors (Lipinski definition) is 7. The van der Waals surface area contributed by atoms with E-state index in [0.717, 1.165) is 48.5 Å². The van der Waals surface area contributed by atoms with Gasteiger partial charge in [0.05, 0.1) is 36.9 Å². The highest BCUT2D eigenvalue weighted by Gasteiger charge is 2.23. The third kappa shape index (κ3) is 5.36. The molecule has 176 valence electrons. The molecule has 0 saturated carbocycles. The molecule has 0 bridgehead atoms. The number of carbonyl (C=O) groups is 1. The van der Waals surface area contributed by atoms with Gasteiger partial charge in [0.1, 0.15) is 4.88 Å². The van der Waals surface area contributed by atoms with Crippen molar-refractivity contribution in [3.8, 4) is 0 Å². The molecule has 3 aromatic rings. The normalized spacial score (nSPS) is 18.7. The van der Waals surface area contributed by atoms with Gasteiger partial charge in [-0.3, -0.25) is 9.20 Å². The summed E-state index contributed by atoms with van der Waals surface area (Å²) < 4.78 is 18.5. The number of ether oxygens (including phenoxy) is 3. The second kappa shape index (κ2) is 11.1. The fourth-order valence-corrected chi connectivity index (χ4v) is 4.95. The maximum Gasteiger partial charge on any atom is 0.265 e. The Morgan fingerprint density at radius 1 is 1.25 bits per heavy atom. The van der Waals surface area contributed by atoms with Crippen molar-refractivity contribution < 1.29 is 19.0 Å². The van der Waals surface area contributed by atoms with Crippen LogP contribution in [0.3, 0.4) is 0 Å². The summed E-state index contributed by atoms with van der Waals surface area (Å²) >= 11 is 1.40. The van der Waals surface area contributed by atoms with E-state index in [2.05, 4.69) is 23.5 Å². The van der Waals surface area contributed by atoms with Crippen molar-refractivity contribution >= 4 is 58.1 Å². The smallest absolute Gasteiger partial charge is 0.265 e. The SMILES string of the molecule is CN(CC1OCCO1)C(=O)c1cn2c(nc3cc(CNCC4CCCO4)ccc32)s1.Cl.Cl. The molecule has 1 aromatic carbocycles. The third-order valence-electron chi connectivity index (χ3n) is 5.57. The Labute approximate surface area is 203 Å². The molecule has 0 radical (unpaired) electrons. The standard InChI is InChI=1S/C21H26N4O4S.2ClH/c1-24(13-19-28-7-8-29-19)20(26)18-12-25-17-5-4-14(9-16(17)23-21(25)30-18)10-22-11-15-3-2-6-27-15;;/h4-5,9,12,15,19,22H,2-3,6-8,10-11,13H2,1H3;2*1H. The van der Waals surface area contributed by atoms with Gasteiger partial charge in [0.25, 0.3) is 5.91 Å². The van der Waals surface area contributed by atoms with Gasteiger partial charge < -0.3 is 24.4 Å². The van der Waals surface area contributed by atoms with E-state index in [-0.39, 0.29) is 37.0 Å². The van der Waals surface area contributed by atoms with Crippen LogP contribution in [0.2, 0.25) is 0 Å². The molecule has 1 unspecified atom stereocenters. The van der Waals surface area contributed by atoms with Crippen LogP contribution in [0.4, 0.5) is 0 Å². The average Bonchev–Trinajstić information content (AvgIpc) is 3.52. The van der Waals surface area contributed by atoms with Crippen molar-refractivity contribution in [3.63, 3.8) is 0 Å². The number of amides is 1. The van der Waals surface area contributed by atoms with Gasteiger partial charge in [0, 0.05) is 32.9 Å². The van der Waals surface area contributed by atoms with Crippen molar-refractivity contribution in [1.82, 2.24) is 19.6 Å². The monoisotopic (exact) mass is 502 g/mol. The molecule has 32 heavy (non-hydrogen) atoms. The lowest BCUT2D eigenvalue weighted by Gasteiger charge is -2.19. The van der Waals surface area contributed by atoms with Crippen LogP contribution >= 0.6 is 36.2 Å². The number of hydrogen-bond donors (Lipinski definition) is 1. The summed E-state index contributed by atoms with van der Waals surface area (Å²) in [5, 5.41) is 3.47. The molecule has 0 spiro atoms. The van der Waals surface area contributed by atoms with Gasteiger partial charge >= 0.3 is 0 Å². The van der Waals surface area contributed by atoms with E-state index >= 15 is 0 Å². The predicted molar refractivity (Wildman–Crippen MR) is 128 cm³/mol. The van der Waals surface area contributed by atoms with Crippen LogP contribution in [-0.2, 0) is 20.8 Å². The largest absolute Gasteiger partial charge is 0.377 e. The number of likely N-dealkylation sites (N-methyl/N-ethyl adjacent to an activating group) is 1. The first kappa shape index (κ1) is 25.2. The number of rotatable bonds is 7. The fourth-order valence-electron chi connectivity index (χ4n) is 3.96. The second-order valence-electron chi connectivity index (χ2n) is 7.81. The molecule has 1 N–H and O–H groups in total. The van der Waals surface area contributed by atoms with Gasteiger partial charge in [0.15, 0.2) is 11.3 Å². The minimum atomic E-state index is -0.337. The Balaban J connectivity index is 0.00000144. The van der Waals surface area contributed by atoms with E-state index in [0.29, 0.717) is 30.7 Å². The van der Waals surface area contributed by atoms with Crippen LogP contribution in [0.15, 0.2) is 24.4 Å². The number of nitrogens with zero attached hydrogens (tertiary/aromatic N) is 3. The Morgan fingerprint density at radius 3 is 2.81 bits per heavy atom. The maximum absolute atomic E-state index is 12.8. The molecular weight excluding hydrogens is 475 g/mol. The summed E-state index contributed by atoms with van der Waals surface area (Å²) in [4.78, 5) is 20.6. The molecule has 2 fully saturated rings. The molecule has 2 aliphatic heterocycles. The summed E-state index contributed by atoms with van der Waals surface area (Å²) in [6, 6.07) is 6.29. The first-order chi connectivity index (χ1) is 14.7. The van der Waals surface area contributed by atoms with Crippen molar-refractivity contribution in [3.05, 3.63) is 34.8 Å². The van der Waals surface area contributed by atoms with E-state index in [9.17, 15) is 4.79 Å². The van der Waals surface area contributed by atoms with Gasteiger partial charge in [-0.15, -0.1) is 24.8 Å². The minimum Gasteiger partial charge on any atom is -0.377 e. The van der Waals surface area contributed by atoms with Gasteiger partial charge in [-0.2, -0.15) is 0 Å². The number of benzene rings is 1. The van der Waals surface area contributed by atoms with Gasteiger partial charge in [-0.05, 0) is 30.5 Å². The Morgan fingerprint density at radius 2 is 2.06 bits per heavy atom. The fraction of sp³-hybridized carbons (Fsp3) is 0.524. The summed E-state index contributed by atoms with van der Waals surface area (Å²) in [5.41, 5.74) is 3.14.